The van der Waals surface area contributed by atoms with E-state index in [0.717, 1.165) is 12.8 Å². The lowest BCUT2D eigenvalue weighted by molar-refractivity contribution is 0.0688. The Morgan fingerprint density at radius 2 is 2.06 bits per heavy atom. The summed E-state index contributed by atoms with van der Waals surface area (Å²) in [4.78, 5) is 11.0. The molecule has 4 heteroatoms. The summed E-state index contributed by atoms with van der Waals surface area (Å²) in [7, 11) is 0. The van der Waals surface area contributed by atoms with Crippen molar-refractivity contribution in [2.24, 2.45) is 0 Å². The van der Waals surface area contributed by atoms with E-state index in [4.69, 9.17) is 21.4 Å². The summed E-state index contributed by atoms with van der Waals surface area (Å²) < 4.78 is 5.62. The molecule has 1 N–H and O–H groups in total. The Bertz CT molecular complexity index is 373. The summed E-state index contributed by atoms with van der Waals surface area (Å²) in [5, 5.41) is 9.47. The van der Waals surface area contributed by atoms with Gasteiger partial charge in [0.05, 0.1) is 6.10 Å². The molecule has 0 amide bonds. The van der Waals surface area contributed by atoms with E-state index in [1.54, 1.807) is 12.1 Å². The molecule has 88 valence electrons. The second kappa shape index (κ2) is 5.75. The highest BCUT2D eigenvalue weighted by Gasteiger charge is 2.14. The fourth-order valence-electron chi connectivity index (χ4n) is 1.41. The van der Waals surface area contributed by atoms with Gasteiger partial charge in [-0.25, -0.2) is 4.79 Å². The van der Waals surface area contributed by atoms with E-state index in [-0.39, 0.29) is 11.7 Å². The number of carboxylic acid groups (broad SMARTS) is 1. The number of halogens is 1. The van der Waals surface area contributed by atoms with Crippen LogP contribution in [0, 0.1) is 0 Å². The Morgan fingerprint density at radius 1 is 1.44 bits per heavy atom. The van der Waals surface area contributed by atoms with Gasteiger partial charge in [-0.15, -0.1) is 0 Å². The van der Waals surface area contributed by atoms with Crippen molar-refractivity contribution >= 4 is 17.6 Å². The lowest BCUT2D eigenvalue weighted by Crippen LogP contribution is -2.15. The van der Waals surface area contributed by atoms with E-state index in [9.17, 15) is 4.79 Å². The SMILES string of the molecule is CCC(CC)Oc1cc(Cl)ccc1C(=O)O. The average molecular weight is 243 g/mol. The molecular formula is C12H15ClO3. The fourth-order valence-corrected chi connectivity index (χ4v) is 1.57. The molecule has 0 saturated carbocycles. The molecule has 0 aliphatic heterocycles. The summed E-state index contributed by atoms with van der Waals surface area (Å²) >= 11 is 5.82. The van der Waals surface area contributed by atoms with Gasteiger partial charge in [-0.2, -0.15) is 0 Å². The zero-order valence-electron chi connectivity index (χ0n) is 9.37. The van der Waals surface area contributed by atoms with E-state index in [0.29, 0.717) is 10.8 Å². The minimum Gasteiger partial charge on any atom is -0.489 e. The molecule has 0 unspecified atom stereocenters. The van der Waals surface area contributed by atoms with Gasteiger partial charge in [-0.1, -0.05) is 25.4 Å². The van der Waals surface area contributed by atoms with Crippen LogP contribution in [0.25, 0.3) is 0 Å². The second-order valence-corrected chi connectivity index (χ2v) is 3.94. The van der Waals surface area contributed by atoms with Crippen molar-refractivity contribution in [2.75, 3.05) is 0 Å². The largest absolute Gasteiger partial charge is 0.489 e. The zero-order valence-corrected chi connectivity index (χ0v) is 10.1. The molecule has 1 rings (SSSR count). The Kier molecular flexibility index (Phi) is 4.62. The van der Waals surface area contributed by atoms with E-state index in [1.165, 1.54) is 6.07 Å². The van der Waals surface area contributed by atoms with Crippen LogP contribution in [-0.4, -0.2) is 17.2 Å². The van der Waals surface area contributed by atoms with Crippen molar-refractivity contribution in [3.8, 4) is 5.75 Å². The molecule has 0 heterocycles. The molecule has 0 aliphatic rings. The van der Waals surface area contributed by atoms with Gasteiger partial charge in [-0.05, 0) is 31.0 Å². The minimum absolute atomic E-state index is 0.0246. The first kappa shape index (κ1) is 12.8. The Hall–Kier alpha value is -1.22. The molecule has 3 nitrogen and oxygen atoms in total. The third kappa shape index (κ3) is 3.14. The van der Waals surface area contributed by atoms with E-state index in [2.05, 4.69) is 0 Å². The second-order valence-electron chi connectivity index (χ2n) is 3.50. The average Bonchev–Trinajstić information content (AvgIpc) is 2.25. The van der Waals surface area contributed by atoms with Gasteiger partial charge in [0, 0.05) is 5.02 Å². The Labute approximate surface area is 100.0 Å². The van der Waals surface area contributed by atoms with Crippen molar-refractivity contribution < 1.29 is 14.6 Å². The van der Waals surface area contributed by atoms with E-state index < -0.39 is 5.97 Å². The number of carboxylic acids is 1. The predicted molar refractivity (Wildman–Crippen MR) is 63.4 cm³/mol. The van der Waals surface area contributed by atoms with Crippen LogP contribution in [0.5, 0.6) is 5.75 Å². The summed E-state index contributed by atoms with van der Waals surface area (Å²) in [6.07, 6.45) is 1.70. The lowest BCUT2D eigenvalue weighted by Gasteiger charge is -2.17. The number of aromatic carboxylic acids is 1. The first-order chi connectivity index (χ1) is 7.58. The van der Waals surface area contributed by atoms with Crippen molar-refractivity contribution in [1.82, 2.24) is 0 Å². The molecule has 0 spiro atoms. The van der Waals surface area contributed by atoms with Crippen molar-refractivity contribution in [3.05, 3.63) is 28.8 Å². The molecule has 0 aliphatic carbocycles. The molecule has 0 bridgehead atoms. The smallest absolute Gasteiger partial charge is 0.339 e. The molecule has 1 aromatic rings. The molecule has 0 fully saturated rings. The zero-order chi connectivity index (χ0) is 12.1. The predicted octanol–water partition coefficient (Wildman–Crippen LogP) is 3.61. The van der Waals surface area contributed by atoms with Crippen LogP contribution in [0.3, 0.4) is 0 Å². The van der Waals surface area contributed by atoms with Gasteiger partial charge >= 0.3 is 5.97 Å². The molecule has 0 saturated heterocycles. The summed E-state index contributed by atoms with van der Waals surface area (Å²) in [5.74, 6) is -0.661. The highest BCUT2D eigenvalue weighted by atomic mass is 35.5. The quantitative estimate of drug-likeness (QED) is 0.858. The summed E-state index contributed by atoms with van der Waals surface area (Å²) in [6.45, 7) is 4.00. The highest BCUT2D eigenvalue weighted by molar-refractivity contribution is 6.30. The van der Waals surface area contributed by atoms with E-state index in [1.807, 2.05) is 13.8 Å². The normalized spacial score (nSPS) is 10.5. The van der Waals surface area contributed by atoms with Crippen LogP contribution < -0.4 is 4.74 Å². The standard InChI is InChI=1S/C12H15ClO3/c1-3-9(4-2)16-11-7-8(13)5-6-10(11)12(14)15/h5-7,9H,3-4H2,1-2H3,(H,14,15). The molecule has 0 radical (unpaired) electrons. The number of carbonyl (C=O) groups is 1. The molecule has 0 aromatic heterocycles. The third-order valence-electron chi connectivity index (χ3n) is 2.38. The number of hydrogen-bond donors (Lipinski definition) is 1. The van der Waals surface area contributed by atoms with Crippen LogP contribution in [0.15, 0.2) is 18.2 Å². The van der Waals surface area contributed by atoms with Crippen LogP contribution >= 0.6 is 11.6 Å². The fraction of sp³-hybridized carbons (Fsp3) is 0.417. The van der Waals surface area contributed by atoms with Crippen molar-refractivity contribution in [2.45, 2.75) is 32.8 Å². The van der Waals surface area contributed by atoms with Gasteiger partial charge in [-0.3, -0.25) is 0 Å². The van der Waals surface area contributed by atoms with Gasteiger partial charge in [0.2, 0.25) is 0 Å². The van der Waals surface area contributed by atoms with Crippen molar-refractivity contribution in [3.63, 3.8) is 0 Å². The molecule has 16 heavy (non-hydrogen) atoms. The molecule has 0 atom stereocenters. The number of benzene rings is 1. The Morgan fingerprint density at radius 3 is 2.56 bits per heavy atom. The number of ether oxygens (including phenoxy) is 1. The Balaban J connectivity index is 3.00. The first-order valence-electron chi connectivity index (χ1n) is 5.28. The summed E-state index contributed by atoms with van der Waals surface area (Å²) in [6, 6.07) is 4.55. The third-order valence-corrected chi connectivity index (χ3v) is 2.61. The van der Waals surface area contributed by atoms with Crippen LogP contribution in [0.2, 0.25) is 5.02 Å². The van der Waals surface area contributed by atoms with Gasteiger partial charge in [0.25, 0.3) is 0 Å². The molecular weight excluding hydrogens is 228 g/mol. The van der Waals surface area contributed by atoms with Crippen LogP contribution in [0.4, 0.5) is 0 Å². The van der Waals surface area contributed by atoms with Crippen molar-refractivity contribution in [1.29, 1.82) is 0 Å². The number of rotatable bonds is 5. The lowest BCUT2D eigenvalue weighted by atomic mass is 10.2. The first-order valence-corrected chi connectivity index (χ1v) is 5.65. The maximum absolute atomic E-state index is 11.0. The van der Waals surface area contributed by atoms with Crippen LogP contribution in [0.1, 0.15) is 37.0 Å². The maximum Gasteiger partial charge on any atom is 0.339 e. The van der Waals surface area contributed by atoms with Gasteiger partial charge < -0.3 is 9.84 Å². The van der Waals surface area contributed by atoms with Crippen LogP contribution in [-0.2, 0) is 0 Å². The summed E-state index contributed by atoms with van der Waals surface area (Å²) in [5.41, 5.74) is 0.149. The molecule has 1 aromatic carbocycles. The monoisotopic (exact) mass is 242 g/mol. The van der Waals surface area contributed by atoms with E-state index >= 15 is 0 Å². The minimum atomic E-state index is -1.00. The topological polar surface area (TPSA) is 46.5 Å². The van der Waals surface area contributed by atoms with Gasteiger partial charge in [0.15, 0.2) is 0 Å². The van der Waals surface area contributed by atoms with Gasteiger partial charge in [0.1, 0.15) is 11.3 Å². The number of hydrogen-bond acceptors (Lipinski definition) is 2. The highest BCUT2D eigenvalue weighted by Crippen LogP contribution is 2.25. The maximum atomic E-state index is 11.0.